The number of anilines is 2. The van der Waals surface area contributed by atoms with E-state index in [1.165, 1.54) is 37.1 Å². The van der Waals surface area contributed by atoms with Crippen molar-refractivity contribution in [3.8, 4) is 5.75 Å². The fourth-order valence-corrected chi connectivity index (χ4v) is 5.94. The van der Waals surface area contributed by atoms with Crippen molar-refractivity contribution in [3.63, 3.8) is 0 Å². The quantitative estimate of drug-likeness (QED) is 0.553. The van der Waals surface area contributed by atoms with Gasteiger partial charge in [-0.3, -0.25) is 4.72 Å². The Morgan fingerprint density at radius 2 is 1.82 bits per heavy atom. The van der Waals surface area contributed by atoms with E-state index in [4.69, 9.17) is 4.74 Å². The maximum Gasteiger partial charge on any atom is 0.335 e. The normalized spacial score (nSPS) is 19.2. The Kier molecular flexibility index (Phi) is 7.63. The predicted octanol–water partition coefficient (Wildman–Crippen LogP) is 3.90. The van der Waals surface area contributed by atoms with Crippen molar-refractivity contribution in [3.05, 3.63) is 48.0 Å². The van der Waals surface area contributed by atoms with Crippen molar-refractivity contribution < 1.29 is 23.1 Å². The van der Waals surface area contributed by atoms with Gasteiger partial charge in [0.15, 0.2) is 0 Å². The molecule has 0 spiro atoms. The molecular formula is C25H33N3O5S. The lowest BCUT2D eigenvalue weighted by molar-refractivity contribution is 0.0697. The number of rotatable bonds is 9. The molecule has 0 unspecified atom stereocenters. The monoisotopic (exact) mass is 487 g/mol. The van der Waals surface area contributed by atoms with Crippen LogP contribution in [-0.2, 0) is 10.0 Å². The molecule has 2 saturated heterocycles. The molecule has 2 heterocycles. The maximum absolute atomic E-state index is 13.2. The average Bonchev–Trinajstić information content (AvgIpc) is 3.32. The highest BCUT2D eigenvalue weighted by atomic mass is 32.2. The summed E-state index contributed by atoms with van der Waals surface area (Å²) in [5.41, 5.74) is 1.04. The van der Waals surface area contributed by atoms with Crippen LogP contribution in [0.2, 0.25) is 0 Å². The molecule has 8 nitrogen and oxygen atoms in total. The fourth-order valence-electron chi connectivity index (χ4n) is 4.88. The standard InChI is InChI=1S/C25H33N3O5S/c1-2-33-21-8-10-22(11-9-21)34(31,32)26-23-16-20(25(29)30)7-12-24(23)28-15-5-6-19(18-28)17-27-13-3-4-14-27/h7-12,16,19,26H,2-6,13-15,17-18H2,1H3,(H,29,30)/t19-/m0/s1. The highest BCUT2D eigenvalue weighted by molar-refractivity contribution is 7.92. The van der Waals surface area contributed by atoms with Gasteiger partial charge >= 0.3 is 5.97 Å². The second kappa shape index (κ2) is 10.7. The Morgan fingerprint density at radius 1 is 1.09 bits per heavy atom. The number of hydrogen-bond acceptors (Lipinski definition) is 6. The van der Waals surface area contributed by atoms with Crippen LogP contribution in [0.5, 0.6) is 5.75 Å². The molecule has 9 heteroatoms. The summed E-state index contributed by atoms with van der Waals surface area (Å²) >= 11 is 0. The first-order valence-electron chi connectivity index (χ1n) is 12.0. The lowest BCUT2D eigenvalue weighted by Gasteiger charge is -2.37. The molecular weight excluding hydrogens is 454 g/mol. The van der Waals surface area contributed by atoms with Crippen molar-refractivity contribution >= 4 is 27.4 Å². The third kappa shape index (κ3) is 5.82. The van der Waals surface area contributed by atoms with Crippen LogP contribution >= 0.6 is 0 Å². The Morgan fingerprint density at radius 3 is 2.50 bits per heavy atom. The summed E-state index contributed by atoms with van der Waals surface area (Å²) in [5, 5.41) is 9.50. The van der Waals surface area contributed by atoms with Gasteiger partial charge < -0.3 is 19.6 Å². The first-order chi connectivity index (χ1) is 16.4. The van der Waals surface area contributed by atoms with Gasteiger partial charge in [0.05, 0.1) is 28.4 Å². The summed E-state index contributed by atoms with van der Waals surface area (Å²) < 4.78 is 34.4. The molecule has 0 aromatic heterocycles. The summed E-state index contributed by atoms with van der Waals surface area (Å²) in [6.45, 7) is 7.33. The van der Waals surface area contributed by atoms with Gasteiger partial charge in [-0.1, -0.05) is 0 Å². The number of sulfonamides is 1. The minimum absolute atomic E-state index is 0.0405. The molecule has 2 aromatic rings. The number of likely N-dealkylation sites (tertiary alicyclic amines) is 1. The first kappa shape index (κ1) is 24.3. The van der Waals surface area contributed by atoms with Crippen molar-refractivity contribution in [2.45, 2.75) is 37.5 Å². The largest absolute Gasteiger partial charge is 0.494 e. The zero-order valence-electron chi connectivity index (χ0n) is 19.6. The summed E-state index contributed by atoms with van der Waals surface area (Å²) in [6, 6.07) is 10.9. The van der Waals surface area contributed by atoms with Gasteiger partial charge in [-0.15, -0.1) is 0 Å². The number of nitrogens with zero attached hydrogens (tertiary/aromatic N) is 2. The number of ether oxygens (including phenoxy) is 1. The van der Waals surface area contributed by atoms with E-state index in [0.29, 0.717) is 24.0 Å². The SMILES string of the molecule is CCOc1ccc(S(=O)(=O)Nc2cc(C(=O)O)ccc2N2CCC[C@@H](CN3CCCC3)C2)cc1. The average molecular weight is 488 g/mol. The number of piperidine rings is 1. The van der Waals surface area contributed by atoms with Crippen LogP contribution in [0.15, 0.2) is 47.4 Å². The van der Waals surface area contributed by atoms with Crippen LogP contribution in [0.4, 0.5) is 11.4 Å². The van der Waals surface area contributed by atoms with E-state index in [1.54, 1.807) is 18.2 Å². The molecule has 1 atom stereocenters. The summed E-state index contributed by atoms with van der Waals surface area (Å²) in [7, 11) is -3.91. The number of hydrogen-bond donors (Lipinski definition) is 2. The van der Waals surface area contributed by atoms with E-state index in [-0.39, 0.29) is 16.1 Å². The molecule has 0 radical (unpaired) electrons. The molecule has 0 amide bonds. The van der Waals surface area contributed by atoms with Crippen molar-refractivity contribution in [1.29, 1.82) is 0 Å². The van der Waals surface area contributed by atoms with Crippen LogP contribution in [0.3, 0.4) is 0 Å². The Hall–Kier alpha value is -2.78. The topological polar surface area (TPSA) is 99.2 Å². The smallest absolute Gasteiger partial charge is 0.335 e. The highest BCUT2D eigenvalue weighted by Gasteiger charge is 2.26. The lowest BCUT2D eigenvalue weighted by atomic mass is 9.96. The molecule has 4 rings (SSSR count). The van der Waals surface area contributed by atoms with Crippen LogP contribution in [0, 0.1) is 5.92 Å². The van der Waals surface area contributed by atoms with E-state index in [1.807, 2.05) is 6.92 Å². The third-order valence-corrected chi connectivity index (χ3v) is 7.89. The minimum atomic E-state index is -3.91. The molecule has 0 bridgehead atoms. The van der Waals surface area contributed by atoms with Gasteiger partial charge in [0.1, 0.15) is 5.75 Å². The van der Waals surface area contributed by atoms with Crippen molar-refractivity contribution in [1.82, 2.24) is 4.90 Å². The maximum atomic E-state index is 13.2. The number of carboxylic acids is 1. The zero-order valence-corrected chi connectivity index (χ0v) is 20.4. The summed E-state index contributed by atoms with van der Waals surface area (Å²) in [4.78, 5) is 16.4. The van der Waals surface area contributed by atoms with Crippen LogP contribution in [-0.4, -0.2) is 63.7 Å². The number of carboxylic acid groups (broad SMARTS) is 1. The molecule has 0 aliphatic carbocycles. The van der Waals surface area contributed by atoms with E-state index in [9.17, 15) is 18.3 Å². The molecule has 2 aromatic carbocycles. The Bertz CT molecular complexity index is 1100. The molecule has 34 heavy (non-hydrogen) atoms. The molecule has 2 N–H and O–H groups in total. The molecule has 2 fully saturated rings. The van der Waals surface area contributed by atoms with Crippen molar-refractivity contribution in [2.24, 2.45) is 5.92 Å². The highest BCUT2D eigenvalue weighted by Crippen LogP contribution is 2.33. The number of carbonyl (C=O) groups is 1. The summed E-state index contributed by atoms with van der Waals surface area (Å²) in [5.74, 6) is -0.00689. The van der Waals surface area contributed by atoms with Crippen molar-refractivity contribution in [2.75, 3.05) is 49.0 Å². The third-order valence-electron chi connectivity index (χ3n) is 6.51. The van der Waals surface area contributed by atoms with Crippen LogP contribution < -0.4 is 14.4 Å². The Balaban J connectivity index is 1.58. The van der Waals surface area contributed by atoms with Crippen LogP contribution in [0.1, 0.15) is 43.0 Å². The summed E-state index contributed by atoms with van der Waals surface area (Å²) in [6.07, 6.45) is 4.67. The second-order valence-corrected chi connectivity index (χ2v) is 10.7. The zero-order chi connectivity index (χ0) is 24.1. The Labute approximate surface area is 201 Å². The first-order valence-corrected chi connectivity index (χ1v) is 13.4. The van der Waals surface area contributed by atoms with Gasteiger partial charge in [0, 0.05) is 19.6 Å². The van der Waals surface area contributed by atoms with E-state index < -0.39 is 16.0 Å². The van der Waals surface area contributed by atoms with E-state index >= 15 is 0 Å². The van der Waals surface area contributed by atoms with E-state index in [0.717, 1.165) is 45.6 Å². The van der Waals surface area contributed by atoms with E-state index in [2.05, 4.69) is 14.5 Å². The second-order valence-electron chi connectivity index (χ2n) is 9.01. The molecule has 2 aliphatic rings. The van der Waals surface area contributed by atoms with Gasteiger partial charge in [0.25, 0.3) is 10.0 Å². The van der Waals surface area contributed by atoms with Gasteiger partial charge in [-0.25, -0.2) is 13.2 Å². The molecule has 2 aliphatic heterocycles. The molecule has 184 valence electrons. The van der Waals surface area contributed by atoms with Gasteiger partial charge in [0.2, 0.25) is 0 Å². The molecule has 0 saturated carbocycles. The number of nitrogens with one attached hydrogen (secondary N) is 1. The fraction of sp³-hybridized carbons (Fsp3) is 0.480. The van der Waals surface area contributed by atoms with Crippen LogP contribution in [0.25, 0.3) is 0 Å². The lowest BCUT2D eigenvalue weighted by Crippen LogP contribution is -2.40. The number of benzene rings is 2. The van der Waals surface area contributed by atoms with Gasteiger partial charge in [-0.2, -0.15) is 0 Å². The minimum Gasteiger partial charge on any atom is -0.494 e. The number of aromatic carboxylic acids is 1. The predicted molar refractivity (Wildman–Crippen MR) is 132 cm³/mol. The van der Waals surface area contributed by atoms with Gasteiger partial charge in [-0.05, 0) is 94.1 Å².